The first kappa shape index (κ1) is 14.8. The van der Waals surface area contributed by atoms with Crippen LogP contribution in [0.2, 0.25) is 0 Å². The lowest BCUT2D eigenvalue weighted by atomic mass is 9.48. The van der Waals surface area contributed by atoms with Crippen LogP contribution in [0.4, 0.5) is 0 Å². The van der Waals surface area contributed by atoms with Crippen LogP contribution in [0, 0.1) is 17.3 Å². The number of rotatable bonds is 5. The summed E-state index contributed by atoms with van der Waals surface area (Å²) in [6.07, 6.45) is 2.76. The van der Waals surface area contributed by atoms with E-state index >= 15 is 0 Å². The van der Waals surface area contributed by atoms with Crippen molar-refractivity contribution in [3.8, 4) is 0 Å². The van der Waals surface area contributed by atoms with Crippen LogP contribution in [0.1, 0.15) is 39.5 Å². The van der Waals surface area contributed by atoms with Gasteiger partial charge < -0.3 is 20.9 Å². The second-order valence-electron chi connectivity index (χ2n) is 7.29. The molecular weight excluding hydrogens is 272 g/mol. The minimum absolute atomic E-state index is 0.0302. The van der Waals surface area contributed by atoms with Crippen LogP contribution in [0.25, 0.3) is 0 Å². The van der Waals surface area contributed by atoms with Gasteiger partial charge in [0.25, 0.3) is 0 Å². The first-order valence-corrected chi connectivity index (χ1v) is 7.71. The summed E-state index contributed by atoms with van der Waals surface area (Å²) in [5.74, 6) is -0.768. The molecule has 0 spiro atoms. The minimum Gasteiger partial charge on any atom is -0.481 e. The standard InChI is InChI=1S/C15H24N2O4/c1-14(2)12-9(5-6-21-12)15(14,16)13(20)17-10(7-11(18)19)8-3-4-8/h8-10,12H,3-7,16H2,1-2H3,(H,17,20)(H,18,19). The SMILES string of the molecule is CC1(C)C2OCCC2C1(N)C(=O)NC(CC(=O)O)C1CC1. The molecule has 1 heterocycles. The van der Waals surface area contributed by atoms with Gasteiger partial charge in [-0.15, -0.1) is 0 Å². The van der Waals surface area contributed by atoms with Crippen molar-refractivity contribution in [2.45, 2.75) is 57.2 Å². The summed E-state index contributed by atoms with van der Waals surface area (Å²) in [6, 6.07) is -0.299. The summed E-state index contributed by atoms with van der Waals surface area (Å²) in [7, 11) is 0. The molecular formula is C15H24N2O4. The summed E-state index contributed by atoms with van der Waals surface area (Å²) in [6.45, 7) is 4.57. The molecule has 2 saturated carbocycles. The topological polar surface area (TPSA) is 102 Å². The lowest BCUT2D eigenvalue weighted by Gasteiger charge is -2.60. The second kappa shape index (κ2) is 4.68. The van der Waals surface area contributed by atoms with E-state index in [1.54, 1.807) is 0 Å². The fraction of sp³-hybridized carbons (Fsp3) is 0.867. The number of hydrogen-bond acceptors (Lipinski definition) is 4. The monoisotopic (exact) mass is 296 g/mol. The largest absolute Gasteiger partial charge is 0.481 e. The van der Waals surface area contributed by atoms with Crippen LogP contribution in [0.15, 0.2) is 0 Å². The van der Waals surface area contributed by atoms with Gasteiger partial charge >= 0.3 is 5.97 Å². The van der Waals surface area contributed by atoms with Gasteiger partial charge in [-0.1, -0.05) is 13.8 Å². The molecule has 118 valence electrons. The van der Waals surface area contributed by atoms with Gasteiger partial charge in [0, 0.05) is 24.0 Å². The summed E-state index contributed by atoms with van der Waals surface area (Å²) >= 11 is 0. The van der Waals surface area contributed by atoms with Crippen LogP contribution in [-0.2, 0) is 14.3 Å². The minimum atomic E-state index is -0.959. The molecule has 21 heavy (non-hydrogen) atoms. The van der Waals surface area contributed by atoms with Crippen molar-refractivity contribution in [3.05, 3.63) is 0 Å². The second-order valence-corrected chi connectivity index (χ2v) is 7.29. The Kier molecular flexibility index (Phi) is 3.29. The van der Waals surface area contributed by atoms with Crippen LogP contribution >= 0.6 is 0 Å². The smallest absolute Gasteiger partial charge is 0.305 e. The Morgan fingerprint density at radius 3 is 2.62 bits per heavy atom. The van der Waals surface area contributed by atoms with Gasteiger partial charge in [0.1, 0.15) is 5.54 Å². The molecule has 6 heteroatoms. The first-order valence-electron chi connectivity index (χ1n) is 7.71. The van der Waals surface area contributed by atoms with Gasteiger partial charge in [-0.25, -0.2) is 0 Å². The number of hydrogen-bond donors (Lipinski definition) is 3. The van der Waals surface area contributed by atoms with E-state index < -0.39 is 16.9 Å². The number of aliphatic carboxylic acids is 1. The van der Waals surface area contributed by atoms with E-state index in [4.69, 9.17) is 15.6 Å². The van der Waals surface area contributed by atoms with Gasteiger partial charge in [0.2, 0.25) is 5.91 Å². The van der Waals surface area contributed by atoms with Crippen molar-refractivity contribution in [1.82, 2.24) is 5.32 Å². The third-order valence-corrected chi connectivity index (χ3v) is 5.73. The van der Waals surface area contributed by atoms with E-state index in [1.807, 2.05) is 13.8 Å². The summed E-state index contributed by atoms with van der Waals surface area (Å²) in [5.41, 5.74) is 5.09. The number of carboxylic acids is 1. The molecule has 2 aliphatic carbocycles. The van der Waals surface area contributed by atoms with Crippen molar-refractivity contribution < 1.29 is 19.4 Å². The maximum atomic E-state index is 12.7. The molecule has 6 nitrogen and oxygen atoms in total. The Hall–Kier alpha value is -1.14. The van der Waals surface area contributed by atoms with E-state index in [-0.39, 0.29) is 36.3 Å². The Morgan fingerprint density at radius 1 is 1.38 bits per heavy atom. The van der Waals surface area contributed by atoms with E-state index in [0.717, 1.165) is 19.3 Å². The first-order chi connectivity index (χ1) is 9.78. The lowest BCUT2D eigenvalue weighted by Crippen LogP contribution is -2.80. The molecule has 4 atom stereocenters. The molecule has 4 unspecified atom stereocenters. The van der Waals surface area contributed by atoms with Gasteiger partial charge in [0.05, 0.1) is 12.5 Å². The van der Waals surface area contributed by atoms with Crippen molar-refractivity contribution in [2.24, 2.45) is 23.0 Å². The maximum Gasteiger partial charge on any atom is 0.305 e. The highest BCUT2D eigenvalue weighted by Crippen LogP contribution is 2.58. The van der Waals surface area contributed by atoms with Crippen molar-refractivity contribution in [2.75, 3.05) is 6.61 Å². The molecule has 0 radical (unpaired) electrons. The zero-order chi connectivity index (χ0) is 15.4. The average molecular weight is 296 g/mol. The Bertz CT molecular complexity index is 474. The molecule has 3 aliphatic rings. The molecule has 0 aromatic carbocycles. The Balaban J connectivity index is 1.73. The molecule has 0 bridgehead atoms. The fourth-order valence-corrected chi connectivity index (χ4v) is 4.16. The summed E-state index contributed by atoms with van der Waals surface area (Å²) < 4.78 is 5.69. The maximum absolute atomic E-state index is 12.7. The van der Waals surface area contributed by atoms with E-state index in [0.29, 0.717) is 6.61 Å². The lowest BCUT2D eigenvalue weighted by molar-refractivity contribution is -0.176. The molecule has 3 fully saturated rings. The summed E-state index contributed by atoms with van der Waals surface area (Å²) in [4.78, 5) is 23.7. The molecule has 0 aromatic rings. The highest BCUT2D eigenvalue weighted by atomic mass is 16.5. The van der Waals surface area contributed by atoms with Gasteiger partial charge in [-0.3, -0.25) is 9.59 Å². The van der Waals surface area contributed by atoms with Gasteiger partial charge in [-0.05, 0) is 25.2 Å². The zero-order valence-corrected chi connectivity index (χ0v) is 12.6. The molecule has 4 N–H and O–H groups in total. The van der Waals surface area contributed by atoms with Gasteiger partial charge in [-0.2, -0.15) is 0 Å². The number of fused-ring (bicyclic) bond motifs is 1. The van der Waals surface area contributed by atoms with Crippen LogP contribution in [-0.4, -0.2) is 41.3 Å². The van der Waals surface area contributed by atoms with E-state index in [2.05, 4.69) is 5.32 Å². The van der Waals surface area contributed by atoms with Crippen LogP contribution < -0.4 is 11.1 Å². The van der Waals surface area contributed by atoms with Gasteiger partial charge in [0.15, 0.2) is 0 Å². The van der Waals surface area contributed by atoms with E-state index in [1.165, 1.54) is 0 Å². The van der Waals surface area contributed by atoms with Crippen LogP contribution in [0.5, 0.6) is 0 Å². The normalized spacial score (nSPS) is 38.2. The van der Waals surface area contributed by atoms with Crippen LogP contribution in [0.3, 0.4) is 0 Å². The molecule has 3 rings (SSSR count). The molecule has 1 aliphatic heterocycles. The molecule has 1 amide bonds. The fourth-order valence-electron chi connectivity index (χ4n) is 4.16. The molecule has 0 aromatic heterocycles. The highest BCUT2D eigenvalue weighted by molar-refractivity contribution is 5.90. The highest BCUT2D eigenvalue weighted by Gasteiger charge is 2.71. The van der Waals surface area contributed by atoms with Crippen molar-refractivity contribution in [3.63, 3.8) is 0 Å². The van der Waals surface area contributed by atoms with E-state index in [9.17, 15) is 9.59 Å². The number of carbonyl (C=O) groups is 2. The number of carboxylic acid groups (broad SMARTS) is 1. The quantitative estimate of drug-likeness (QED) is 0.685. The number of carbonyl (C=O) groups excluding carboxylic acids is 1. The van der Waals surface area contributed by atoms with Crippen molar-refractivity contribution >= 4 is 11.9 Å². The predicted molar refractivity (Wildman–Crippen MR) is 75.5 cm³/mol. The summed E-state index contributed by atoms with van der Waals surface area (Å²) in [5, 5.41) is 11.9. The predicted octanol–water partition coefficient (Wildman–Crippen LogP) is 0.498. The number of amides is 1. The third kappa shape index (κ3) is 2.07. The Morgan fingerprint density at radius 2 is 2.05 bits per heavy atom. The molecule has 1 saturated heterocycles. The number of nitrogens with one attached hydrogen (secondary N) is 1. The zero-order valence-electron chi connectivity index (χ0n) is 12.6. The van der Waals surface area contributed by atoms with Crippen molar-refractivity contribution in [1.29, 1.82) is 0 Å². The number of nitrogens with two attached hydrogens (primary N) is 1. The third-order valence-electron chi connectivity index (χ3n) is 5.73. The Labute approximate surface area is 124 Å². The number of ether oxygens (including phenoxy) is 1. The average Bonchev–Trinajstić information content (AvgIpc) is 3.13.